The predicted octanol–water partition coefficient (Wildman–Crippen LogP) is 2.91. The van der Waals surface area contributed by atoms with E-state index in [-0.39, 0.29) is 12.4 Å². The molecule has 0 spiro atoms. The Labute approximate surface area is 158 Å². The second kappa shape index (κ2) is 9.22. The molecule has 1 aromatic carbocycles. The highest BCUT2D eigenvalue weighted by atomic mass is 35.5. The number of hydrogen-bond acceptors (Lipinski definition) is 4. The van der Waals surface area contributed by atoms with Gasteiger partial charge in [0, 0.05) is 57.4 Å². The van der Waals surface area contributed by atoms with Crippen molar-refractivity contribution in [3.8, 4) is 5.75 Å². The molecule has 0 amide bonds. The van der Waals surface area contributed by atoms with E-state index in [9.17, 15) is 0 Å². The fourth-order valence-electron chi connectivity index (χ4n) is 4.48. The molecule has 5 heteroatoms. The van der Waals surface area contributed by atoms with Crippen molar-refractivity contribution in [3.05, 3.63) is 29.8 Å². The summed E-state index contributed by atoms with van der Waals surface area (Å²) < 4.78 is 6.31. The zero-order valence-corrected chi connectivity index (χ0v) is 16.0. The van der Waals surface area contributed by atoms with Crippen LogP contribution in [0.5, 0.6) is 5.75 Å². The Morgan fingerprint density at radius 3 is 2.56 bits per heavy atom. The second-order valence-electron chi connectivity index (χ2n) is 7.60. The standard InChI is InChI=1S/C20H31N3O.ClH/c1-4-8-20(24-19-6-2-3-7-19)17(5-1)15-22-12-9-18(16-22)23-13-10-21-11-14-23;/h1,4-5,8,18-19,21H,2-3,6-7,9-16H2;1H. The number of nitrogens with one attached hydrogen (secondary N) is 1. The van der Waals surface area contributed by atoms with Gasteiger partial charge in [-0.25, -0.2) is 0 Å². The van der Waals surface area contributed by atoms with Crippen LogP contribution in [0.2, 0.25) is 0 Å². The molecule has 0 bridgehead atoms. The summed E-state index contributed by atoms with van der Waals surface area (Å²) in [5, 5.41) is 3.46. The molecule has 4 rings (SSSR count). The van der Waals surface area contributed by atoms with Gasteiger partial charge in [-0.3, -0.25) is 9.80 Å². The first-order valence-corrected chi connectivity index (χ1v) is 9.80. The number of likely N-dealkylation sites (tertiary alicyclic amines) is 1. The van der Waals surface area contributed by atoms with Gasteiger partial charge in [-0.15, -0.1) is 12.4 Å². The van der Waals surface area contributed by atoms with Crippen LogP contribution in [0.25, 0.3) is 0 Å². The number of rotatable bonds is 5. The maximum atomic E-state index is 6.31. The van der Waals surface area contributed by atoms with E-state index in [0.717, 1.165) is 31.4 Å². The van der Waals surface area contributed by atoms with Crippen LogP contribution in [0, 0.1) is 0 Å². The van der Waals surface area contributed by atoms with Crippen LogP contribution in [0.4, 0.5) is 0 Å². The smallest absolute Gasteiger partial charge is 0.124 e. The Balaban J connectivity index is 0.00000182. The van der Waals surface area contributed by atoms with E-state index >= 15 is 0 Å². The van der Waals surface area contributed by atoms with E-state index in [2.05, 4.69) is 39.4 Å². The quantitative estimate of drug-likeness (QED) is 0.868. The molecular formula is C20H32ClN3O. The first kappa shape index (κ1) is 19.0. The van der Waals surface area contributed by atoms with Gasteiger partial charge in [0.1, 0.15) is 5.75 Å². The Bertz CT molecular complexity index is 529. The van der Waals surface area contributed by atoms with Crippen molar-refractivity contribution in [2.75, 3.05) is 39.3 Å². The molecule has 4 nitrogen and oxygen atoms in total. The molecule has 1 aromatic rings. The van der Waals surface area contributed by atoms with Gasteiger partial charge in [0.2, 0.25) is 0 Å². The summed E-state index contributed by atoms with van der Waals surface area (Å²) in [6.07, 6.45) is 6.85. The van der Waals surface area contributed by atoms with Gasteiger partial charge in [-0.2, -0.15) is 0 Å². The highest BCUT2D eigenvalue weighted by molar-refractivity contribution is 5.85. The predicted molar refractivity (Wildman–Crippen MR) is 105 cm³/mol. The lowest BCUT2D eigenvalue weighted by Gasteiger charge is -2.32. The molecule has 25 heavy (non-hydrogen) atoms. The van der Waals surface area contributed by atoms with Crippen molar-refractivity contribution in [2.24, 2.45) is 0 Å². The number of hydrogen-bond donors (Lipinski definition) is 1. The first-order valence-electron chi connectivity index (χ1n) is 9.80. The fourth-order valence-corrected chi connectivity index (χ4v) is 4.48. The highest BCUT2D eigenvalue weighted by Crippen LogP contribution is 2.28. The number of benzene rings is 1. The van der Waals surface area contributed by atoms with Gasteiger partial charge in [0.15, 0.2) is 0 Å². The van der Waals surface area contributed by atoms with Crippen molar-refractivity contribution >= 4 is 12.4 Å². The Hall–Kier alpha value is -0.810. The molecular weight excluding hydrogens is 334 g/mol. The van der Waals surface area contributed by atoms with Crippen LogP contribution < -0.4 is 10.1 Å². The number of piperazine rings is 1. The molecule has 2 aliphatic heterocycles. The average molecular weight is 366 g/mol. The summed E-state index contributed by atoms with van der Waals surface area (Å²) in [7, 11) is 0. The summed E-state index contributed by atoms with van der Waals surface area (Å²) in [6.45, 7) is 8.17. The third-order valence-electron chi connectivity index (χ3n) is 5.88. The molecule has 1 aliphatic carbocycles. The second-order valence-corrected chi connectivity index (χ2v) is 7.60. The van der Waals surface area contributed by atoms with Crippen LogP contribution in [0.15, 0.2) is 24.3 Å². The third-order valence-corrected chi connectivity index (χ3v) is 5.88. The zero-order chi connectivity index (χ0) is 16.2. The Kier molecular flexibility index (Phi) is 7.00. The molecule has 1 atom stereocenters. The van der Waals surface area contributed by atoms with E-state index < -0.39 is 0 Å². The van der Waals surface area contributed by atoms with Crippen molar-refractivity contribution in [1.82, 2.24) is 15.1 Å². The molecule has 1 N–H and O–H groups in total. The summed E-state index contributed by atoms with van der Waals surface area (Å²) in [5.41, 5.74) is 1.37. The fraction of sp³-hybridized carbons (Fsp3) is 0.700. The van der Waals surface area contributed by atoms with Crippen LogP contribution >= 0.6 is 12.4 Å². The molecule has 1 unspecified atom stereocenters. The number of para-hydroxylation sites is 1. The largest absolute Gasteiger partial charge is 0.490 e. The van der Waals surface area contributed by atoms with Crippen molar-refractivity contribution in [2.45, 2.75) is 50.8 Å². The molecule has 140 valence electrons. The Morgan fingerprint density at radius 2 is 1.76 bits per heavy atom. The lowest BCUT2D eigenvalue weighted by Crippen LogP contribution is -2.49. The zero-order valence-electron chi connectivity index (χ0n) is 15.2. The van der Waals surface area contributed by atoms with Gasteiger partial charge in [0.25, 0.3) is 0 Å². The summed E-state index contributed by atoms with van der Waals surface area (Å²) in [4.78, 5) is 5.29. The normalized spacial score (nSPS) is 25.8. The average Bonchev–Trinajstić information content (AvgIpc) is 3.29. The molecule has 2 heterocycles. The summed E-state index contributed by atoms with van der Waals surface area (Å²) >= 11 is 0. The number of halogens is 1. The molecule has 3 aliphatic rings. The lowest BCUT2D eigenvalue weighted by molar-refractivity contribution is 0.169. The van der Waals surface area contributed by atoms with Crippen LogP contribution in [-0.4, -0.2) is 61.2 Å². The lowest BCUT2D eigenvalue weighted by atomic mass is 10.2. The van der Waals surface area contributed by atoms with Crippen molar-refractivity contribution in [1.29, 1.82) is 0 Å². The molecule has 1 saturated carbocycles. The minimum atomic E-state index is 0. The van der Waals surface area contributed by atoms with Gasteiger partial charge in [-0.05, 0) is 38.2 Å². The topological polar surface area (TPSA) is 27.7 Å². The maximum absolute atomic E-state index is 6.31. The van der Waals surface area contributed by atoms with Crippen LogP contribution in [-0.2, 0) is 6.54 Å². The van der Waals surface area contributed by atoms with Gasteiger partial charge in [0.05, 0.1) is 6.10 Å². The monoisotopic (exact) mass is 365 g/mol. The SMILES string of the molecule is Cl.c1ccc(OC2CCCC2)c(CN2CCC(N3CCNCC3)C2)c1. The van der Waals surface area contributed by atoms with Crippen molar-refractivity contribution < 1.29 is 4.74 Å². The number of nitrogens with zero attached hydrogens (tertiary/aromatic N) is 2. The van der Waals surface area contributed by atoms with Crippen LogP contribution in [0.3, 0.4) is 0 Å². The van der Waals surface area contributed by atoms with E-state index in [1.54, 1.807) is 0 Å². The number of ether oxygens (including phenoxy) is 1. The first-order chi connectivity index (χ1) is 11.9. The third kappa shape index (κ3) is 4.88. The molecule has 0 aromatic heterocycles. The molecule has 0 radical (unpaired) electrons. The molecule has 3 fully saturated rings. The maximum Gasteiger partial charge on any atom is 0.124 e. The highest BCUT2D eigenvalue weighted by Gasteiger charge is 2.29. The minimum absolute atomic E-state index is 0. The van der Waals surface area contributed by atoms with E-state index in [4.69, 9.17) is 4.74 Å². The van der Waals surface area contributed by atoms with E-state index in [1.165, 1.54) is 63.8 Å². The van der Waals surface area contributed by atoms with Crippen LogP contribution in [0.1, 0.15) is 37.7 Å². The van der Waals surface area contributed by atoms with E-state index in [0.29, 0.717) is 6.10 Å². The Morgan fingerprint density at radius 1 is 1.00 bits per heavy atom. The van der Waals surface area contributed by atoms with Gasteiger partial charge < -0.3 is 10.1 Å². The van der Waals surface area contributed by atoms with Gasteiger partial charge >= 0.3 is 0 Å². The van der Waals surface area contributed by atoms with Crippen molar-refractivity contribution in [3.63, 3.8) is 0 Å². The summed E-state index contributed by atoms with van der Waals surface area (Å²) in [6, 6.07) is 9.43. The van der Waals surface area contributed by atoms with E-state index in [1.807, 2.05) is 0 Å². The van der Waals surface area contributed by atoms with Gasteiger partial charge in [-0.1, -0.05) is 18.2 Å². The molecule has 2 saturated heterocycles. The minimum Gasteiger partial charge on any atom is -0.490 e. The summed E-state index contributed by atoms with van der Waals surface area (Å²) in [5.74, 6) is 1.12.